The lowest BCUT2D eigenvalue weighted by Crippen LogP contribution is -2.44. The molecule has 0 radical (unpaired) electrons. The predicted molar refractivity (Wildman–Crippen MR) is 133 cm³/mol. The first-order valence-electron chi connectivity index (χ1n) is 12.6. The zero-order valence-corrected chi connectivity index (χ0v) is 20.4. The molecule has 7 heteroatoms. The summed E-state index contributed by atoms with van der Waals surface area (Å²) in [6.07, 6.45) is 2.12. The predicted octanol–water partition coefficient (Wildman–Crippen LogP) is 4.80. The highest BCUT2D eigenvalue weighted by Gasteiger charge is 2.40. The number of carboxylic acid groups (broad SMARTS) is 1. The second-order valence-corrected chi connectivity index (χ2v) is 9.46. The molecular formula is C28H34N2O5. The maximum atomic E-state index is 13.0. The van der Waals surface area contributed by atoms with E-state index in [1.807, 2.05) is 38.1 Å². The number of hydrogen-bond donors (Lipinski definition) is 2. The van der Waals surface area contributed by atoms with Crippen LogP contribution in [0.25, 0.3) is 11.1 Å². The van der Waals surface area contributed by atoms with E-state index in [1.165, 1.54) is 11.1 Å². The van der Waals surface area contributed by atoms with Crippen molar-refractivity contribution in [1.29, 1.82) is 0 Å². The van der Waals surface area contributed by atoms with Crippen molar-refractivity contribution in [2.24, 2.45) is 5.92 Å². The number of alkyl carbamates (subject to hydrolysis) is 1. The molecule has 1 aliphatic heterocycles. The van der Waals surface area contributed by atoms with Crippen LogP contribution in [0.2, 0.25) is 0 Å². The number of ether oxygens (including phenoxy) is 1. The van der Waals surface area contributed by atoms with Crippen molar-refractivity contribution in [2.75, 3.05) is 13.2 Å². The minimum atomic E-state index is -0.853. The van der Waals surface area contributed by atoms with Gasteiger partial charge in [0.15, 0.2) is 0 Å². The average molecular weight is 479 g/mol. The average Bonchev–Trinajstić information content (AvgIpc) is 3.42. The molecule has 2 unspecified atom stereocenters. The van der Waals surface area contributed by atoms with Crippen LogP contribution >= 0.6 is 0 Å². The van der Waals surface area contributed by atoms with E-state index in [4.69, 9.17) is 4.74 Å². The zero-order chi connectivity index (χ0) is 24.9. The summed E-state index contributed by atoms with van der Waals surface area (Å²) in [5.74, 6) is -1.52. The molecule has 0 spiro atoms. The number of amides is 2. The molecule has 7 nitrogen and oxygen atoms in total. The van der Waals surface area contributed by atoms with Gasteiger partial charge < -0.3 is 20.1 Å². The van der Waals surface area contributed by atoms with Gasteiger partial charge in [0.2, 0.25) is 5.91 Å². The summed E-state index contributed by atoms with van der Waals surface area (Å²) in [7, 11) is 0. The molecule has 35 heavy (non-hydrogen) atoms. The molecule has 1 heterocycles. The SMILES string of the molecule is CCC[C@@H](CC(=O)N1CCC(C(=O)O)C1CC)NC(=O)OCC1c2ccccc2-c2ccccc21. The van der Waals surface area contributed by atoms with Crippen molar-refractivity contribution >= 4 is 18.0 Å². The number of carbonyl (C=O) groups excluding carboxylic acids is 2. The summed E-state index contributed by atoms with van der Waals surface area (Å²) < 4.78 is 5.66. The Morgan fingerprint density at radius 2 is 1.69 bits per heavy atom. The molecule has 4 rings (SSSR count). The fourth-order valence-electron chi connectivity index (χ4n) is 5.66. The standard InChI is InChI=1S/C28H34N2O5/c1-3-9-18(16-26(31)30-15-14-23(27(32)33)25(30)4-2)29-28(34)35-17-24-21-12-7-5-10-19(21)20-11-6-8-13-22(20)24/h5-8,10-13,18,23-25H,3-4,9,14-17H2,1-2H3,(H,29,34)(H,32,33)/t18-,23?,25?/m0/s1. The van der Waals surface area contributed by atoms with Gasteiger partial charge in [-0.15, -0.1) is 0 Å². The van der Waals surface area contributed by atoms with Gasteiger partial charge in [0.05, 0.1) is 5.92 Å². The van der Waals surface area contributed by atoms with Crippen molar-refractivity contribution in [3.63, 3.8) is 0 Å². The summed E-state index contributed by atoms with van der Waals surface area (Å²) in [5, 5.41) is 12.3. The number of nitrogens with zero attached hydrogens (tertiary/aromatic N) is 1. The first-order valence-corrected chi connectivity index (χ1v) is 12.6. The van der Waals surface area contributed by atoms with E-state index in [0.29, 0.717) is 25.8 Å². The van der Waals surface area contributed by atoms with Gasteiger partial charge in [-0.05, 0) is 41.5 Å². The number of aliphatic carboxylic acids is 1. The van der Waals surface area contributed by atoms with Crippen LogP contribution in [0.4, 0.5) is 4.79 Å². The van der Waals surface area contributed by atoms with Gasteiger partial charge in [-0.3, -0.25) is 9.59 Å². The number of benzene rings is 2. The van der Waals surface area contributed by atoms with Crippen molar-refractivity contribution in [2.45, 2.75) is 64.0 Å². The highest BCUT2D eigenvalue weighted by atomic mass is 16.5. The van der Waals surface area contributed by atoms with E-state index in [-0.39, 0.29) is 36.9 Å². The Bertz CT molecular complexity index is 1040. The third kappa shape index (κ3) is 5.19. The van der Waals surface area contributed by atoms with Crippen molar-refractivity contribution in [3.8, 4) is 11.1 Å². The monoisotopic (exact) mass is 478 g/mol. The molecule has 2 aromatic carbocycles. The van der Waals surface area contributed by atoms with Gasteiger partial charge in [0.1, 0.15) is 6.61 Å². The summed E-state index contributed by atoms with van der Waals surface area (Å²) >= 11 is 0. The molecule has 0 bridgehead atoms. The van der Waals surface area contributed by atoms with Crippen LogP contribution in [-0.4, -0.2) is 53.2 Å². The minimum Gasteiger partial charge on any atom is -0.481 e. The van der Waals surface area contributed by atoms with Crippen LogP contribution in [0.1, 0.15) is 63.0 Å². The largest absolute Gasteiger partial charge is 0.481 e. The lowest BCUT2D eigenvalue weighted by atomic mass is 9.98. The third-order valence-electron chi connectivity index (χ3n) is 7.33. The Balaban J connectivity index is 1.37. The minimum absolute atomic E-state index is 0.0257. The van der Waals surface area contributed by atoms with E-state index in [1.54, 1.807) is 4.90 Å². The second-order valence-electron chi connectivity index (χ2n) is 9.46. The molecule has 0 saturated carbocycles. The number of nitrogens with one attached hydrogen (secondary N) is 1. The molecule has 2 amide bonds. The van der Waals surface area contributed by atoms with Crippen LogP contribution in [0.5, 0.6) is 0 Å². The first kappa shape index (κ1) is 24.8. The summed E-state index contributed by atoms with van der Waals surface area (Å²) in [6, 6.07) is 15.7. The summed E-state index contributed by atoms with van der Waals surface area (Å²) in [4.78, 5) is 39.0. The van der Waals surface area contributed by atoms with Gasteiger partial charge in [-0.1, -0.05) is 68.8 Å². The summed E-state index contributed by atoms with van der Waals surface area (Å²) in [5.41, 5.74) is 4.63. The Morgan fingerprint density at radius 1 is 1.06 bits per heavy atom. The molecule has 2 aromatic rings. The quantitative estimate of drug-likeness (QED) is 0.540. The maximum Gasteiger partial charge on any atom is 0.407 e. The Kier molecular flexibility index (Phi) is 7.73. The lowest BCUT2D eigenvalue weighted by molar-refractivity contribution is -0.143. The van der Waals surface area contributed by atoms with Crippen LogP contribution < -0.4 is 5.32 Å². The van der Waals surface area contributed by atoms with Gasteiger partial charge in [0.25, 0.3) is 0 Å². The van der Waals surface area contributed by atoms with E-state index < -0.39 is 18.0 Å². The number of rotatable bonds is 9. The van der Waals surface area contributed by atoms with Gasteiger partial charge in [0, 0.05) is 31.0 Å². The highest BCUT2D eigenvalue weighted by molar-refractivity contribution is 5.81. The van der Waals surface area contributed by atoms with E-state index in [9.17, 15) is 19.5 Å². The molecule has 0 aromatic heterocycles. The van der Waals surface area contributed by atoms with Crippen molar-refractivity contribution < 1.29 is 24.2 Å². The van der Waals surface area contributed by atoms with Crippen LogP contribution in [0.15, 0.2) is 48.5 Å². The summed E-state index contributed by atoms with van der Waals surface area (Å²) in [6.45, 7) is 4.57. The van der Waals surface area contributed by atoms with E-state index in [0.717, 1.165) is 17.5 Å². The highest BCUT2D eigenvalue weighted by Crippen LogP contribution is 2.44. The van der Waals surface area contributed by atoms with Crippen LogP contribution in [0, 0.1) is 5.92 Å². The molecule has 2 aliphatic rings. The van der Waals surface area contributed by atoms with E-state index in [2.05, 4.69) is 29.6 Å². The molecular weight excluding hydrogens is 444 g/mol. The van der Waals surface area contributed by atoms with Crippen LogP contribution in [-0.2, 0) is 14.3 Å². The third-order valence-corrected chi connectivity index (χ3v) is 7.33. The molecule has 186 valence electrons. The fourth-order valence-corrected chi connectivity index (χ4v) is 5.66. The normalized spacial score (nSPS) is 19.7. The maximum absolute atomic E-state index is 13.0. The Labute approximate surface area is 206 Å². The number of fused-ring (bicyclic) bond motifs is 3. The Morgan fingerprint density at radius 3 is 2.26 bits per heavy atom. The van der Waals surface area contributed by atoms with E-state index >= 15 is 0 Å². The van der Waals surface area contributed by atoms with Gasteiger partial charge in [-0.2, -0.15) is 0 Å². The Hall–Kier alpha value is -3.35. The molecule has 2 N–H and O–H groups in total. The number of carboxylic acids is 1. The zero-order valence-electron chi connectivity index (χ0n) is 20.4. The topological polar surface area (TPSA) is 95.9 Å². The number of likely N-dealkylation sites (tertiary alicyclic amines) is 1. The van der Waals surface area contributed by atoms with Gasteiger partial charge >= 0.3 is 12.1 Å². The van der Waals surface area contributed by atoms with Crippen LogP contribution in [0.3, 0.4) is 0 Å². The van der Waals surface area contributed by atoms with Crippen molar-refractivity contribution in [1.82, 2.24) is 10.2 Å². The van der Waals surface area contributed by atoms with Gasteiger partial charge in [-0.25, -0.2) is 4.79 Å². The lowest BCUT2D eigenvalue weighted by Gasteiger charge is -2.28. The molecule has 3 atom stereocenters. The molecule has 1 fully saturated rings. The first-order chi connectivity index (χ1) is 16.9. The van der Waals surface area contributed by atoms with Crippen molar-refractivity contribution in [3.05, 3.63) is 59.7 Å². The number of carbonyl (C=O) groups is 3. The fraction of sp³-hybridized carbons (Fsp3) is 0.464. The number of hydrogen-bond acceptors (Lipinski definition) is 4. The second kappa shape index (κ2) is 10.9. The molecule has 1 saturated heterocycles. The molecule has 1 aliphatic carbocycles. The smallest absolute Gasteiger partial charge is 0.407 e.